The molecule has 114 valence electrons. The van der Waals surface area contributed by atoms with Gasteiger partial charge >= 0.3 is 12.4 Å². The van der Waals surface area contributed by atoms with Crippen molar-refractivity contribution in [2.24, 2.45) is 11.7 Å². The van der Waals surface area contributed by atoms with Crippen molar-refractivity contribution in [3.8, 4) is 5.75 Å². The molecular weight excluding hydrogens is 288 g/mol. The second kappa shape index (κ2) is 5.90. The van der Waals surface area contributed by atoms with E-state index in [0.717, 1.165) is 0 Å². The summed E-state index contributed by atoms with van der Waals surface area (Å²) < 4.78 is 80.3. The van der Waals surface area contributed by atoms with Crippen LogP contribution >= 0.6 is 0 Å². The zero-order valence-electron chi connectivity index (χ0n) is 10.5. The topological polar surface area (TPSA) is 35.2 Å². The molecule has 1 aromatic carbocycles. The van der Waals surface area contributed by atoms with Gasteiger partial charge in [-0.25, -0.2) is 0 Å². The minimum Gasteiger partial charge on any atom is -0.493 e. The highest BCUT2D eigenvalue weighted by Gasteiger charge is 2.37. The van der Waals surface area contributed by atoms with Crippen LogP contribution in [0.25, 0.3) is 0 Å². The Morgan fingerprint density at radius 1 is 1.00 bits per heavy atom. The van der Waals surface area contributed by atoms with Crippen molar-refractivity contribution in [3.05, 3.63) is 29.3 Å². The molecule has 0 aromatic heterocycles. The molecule has 1 rings (SSSR count). The Labute approximate surface area is 111 Å². The predicted molar refractivity (Wildman–Crippen MR) is 60.2 cm³/mol. The molecule has 1 atom stereocenters. The van der Waals surface area contributed by atoms with Gasteiger partial charge in [0.25, 0.3) is 0 Å². The van der Waals surface area contributed by atoms with Gasteiger partial charge in [0.15, 0.2) is 0 Å². The zero-order chi connectivity index (χ0) is 15.6. The Balaban J connectivity index is 3.11. The van der Waals surface area contributed by atoms with Crippen LogP contribution in [0.5, 0.6) is 5.75 Å². The molecule has 1 unspecified atom stereocenters. The van der Waals surface area contributed by atoms with E-state index in [0.29, 0.717) is 12.1 Å². The highest BCUT2D eigenvalue weighted by atomic mass is 19.4. The molecular formula is C12H13F6NO. The lowest BCUT2D eigenvalue weighted by Crippen LogP contribution is -2.19. The summed E-state index contributed by atoms with van der Waals surface area (Å²) in [6.07, 6.45) is -9.75. The first kappa shape index (κ1) is 16.6. The van der Waals surface area contributed by atoms with Crippen LogP contribution < -0.4 is 10.5 Å². The quantitative estimate of drug-likeness (QED) is 0.861. The maximum Gasteiger partial charge on any atom is 0.416 e. The zero-order valence-corrected chi connectivity index (χ0v) is 10.5. The number of hydrogen-bond donors (Lipinski definition) is 1. The van der Waals surface area contributed by atoms with Crippen LogP contribution in [0.4, 0.5) is 26.3 Å². The van der Waals surface area contributed by atoms with E-state index < -0.39 is 29.2 Å². The summed E-state index contributed by atoms with van der Waals surface area (Å²) in [6.45, 7) is 1.82. The molecule has 0 aliphatic heterocycles. The summed E-state index contributed by atoms with van der Waals surface area (Å²) in [5.74, 6) is -0.661. The minimum atomic E-state index is -4.88. The van der Waals surface area contributed by atoms with Crippen LogP contribution in [0.15, 0.2) is 18.2 Å². The number of benzene rings is 1. The van der Waals surface area contributed by atoms with E-state index in [1.165, 1.54) is 0 Å². The molecule has 2 nitrogen and oxygen atoms in total. The molecule has 0 aliphatic rings. The van der Waals surface area contributed by atoms with Crippen LogP contribution in [0, 0.1) is 5.92 Å². The number of hydrogen-bond acceptors (Lipinski definition) is 2. The number of halogens is 6. The lowest BCUT2D eigenvalue weighted by Gasteiger charge is -2.16. The van der Waals surface area contributed by atoms with Gasteiger partial charge in [0, 0.05) is 5.92 Å². The van der Waals surface area contributed by atoms with E-state index in [1.807, 2.05) is 0 Å². The van der Waals surface area contributed by atoms with E-state index in [2.05, 4.69) is 0 Å². The second-order valence-electron chi connectivity index (χ2n) is 4.39. The van der Waals surface area contributed by atoms with Crippen LogP contribution in [0.1, 0.15) is 18.1 Å². The van der Waals surface area contributed by atoms with Gasteiger partial charge in [0.05, 0.1) is 17.7 Å². The summed E-state index contributed by atoms with van der Waals surface area (Å²) in [6, 6.07) is 1.14. The summed E-state index contributed by atoms with van der Waals surface area (Å²) in [4.78, 5) is 0. The van der Waals surface area contributed by atoms with Crippen molar-refractivity contribution in [2.45, 2.75) is 19.3 Å². The summed E-state index contributed by atoms with van der Waals surface area (Å²) in [5.41, 5.74) is 2.49. The molecule has 8 heteroatoms. The minimum absolute atomic E-state index is 0.0548. The van der Waals surface area contributed by atoms with Crippen LogP contribution in [0.2, 0.25) is 0 Å². The number of ether oxygens (including phenoxy) is 1. The maximum atomic E-state index is 12.6. The first-order valence-electron chi connectivity index (χ1n) is 5.66. The standard InChI is InChI=1S/C12H13F6NO/c1-7(5-19)6-20-10-3-8(11(13,14)15)2-9(4-10)12(16,17)18/h2-4,7H,5-6,19H2,1H3. The van der Waals surface area contributed by atoms with Gasteiger partial charge in [-0.2, -0.15) is 26.3 Å². The molecule has 2 N–H and O–H groups in total. The Kier molecular flexibility index (Phi) is 4.90. The van der Waals surface area contributed by atoms with Crippen molar-refractivity contribution >= 4 is 0 Å². The average molecular weight is 301 g/mol. The van der Waals surface area contributed by atoms with Gasteiger partial charge in [-0.1, -0.05) is 6.92 Å². The van der Waals surface area contributed by atoms with Crippen molar-refractivity contribution in [1.29, 1.82) is 0 Å². The molecule has 0 saturated heterocycles. The van der Waals surface area contributed by atoms with Crippen molar-refractivity contribution in [2.75, 3.05) is 13.2 Å². The molecule has 0 bridgehead atoms. The van der Waals surface area contributed by atoms with Gasteiger partial charge in [-0.15, -0.1) is 0 Å². The first-order valence-corrected chi connectivity index (χ1v) is 5.66. The summed E-state index contributed by atoms with van der Waals surface area (Å²) >= 11 is 0. The monoisotopic (exact) mass is 301 g/mol. The van der Waals surface area contributed by atoms with E-state index in [1.54, 1.807) is 6.92 Å². The SMILES string of the molecule is CC(CN)COc1cc(C(F)(F)F)cc(C(F)(F)F)c1. The molecule has 0 radical (unpaired) electrons. The smallest absolute Gasteiger partial charge is 0.416 e. The highest BCUT2D eigenvalue weighted by Crippen LogP contribution is 2.38. The van der Waals surface area contributed by atoms with Crippen LogP contribution in [-0.4, -0.2) is 13.2 Å². The third kappa shape index (κ3) is 4.59. The first-order chi connectivity index (χ1) is 9.04. The molecule has 0 saturated carbocycles. The van der Waals surface area contributed by atoms with Gasteiger partial charge in [-0.05, 0) is 24.7 Å². The molecule has 20 heavy (non-hydrogen) atoms. The predicted octanol–water partition coefficient (Wildman–Crippen LogP) is 3.70. The van der Waals surface area contributed by atoms with Gasteiger partial charge in [-0.3, -0.25) is 0 Å². The normalized spacial score (nSPS) is 14.2. The molecule has 0 heterocycles. The lowest BCUT2D eigenvalue weighted by atomic mass is 10.1. The second-order valence-corrected chi connectivity index (χ2v) is 4.39. The Bertz CT molecular complexity index is 422. The van der Waals surface area contributed by atoms with Crippen molar-refractivity contribution in [1.82, 2.24) is 0 Å². The third-order valence-corrected chi connectivity index (χ3v) is 2.50. The summed E-state index contributed by atoms with van der Waals surface area (Å²) in [7, 11) is 0. The Morgan fingerprint density at radius 2 is 1.45 bits per heavy atom. The van der Waals surface area contributed by atoms with Gasteiger partial charge in [0.2, 0.25) is 0 Å². The van der Waals surface area contributed by atoms with E-state index in [9.17, 15) is 26.3 Å². The van der Waals surface area contributed by atoms with Crippen molar-refractivity contribution < 1.29 is 31.1 Å². The van der Waals surface area contributed by atoms with Crippen LogP contribution in [0.3, 0.4) is 0 Å². The van der Waals surface area contributed by atoms with E-state index >= 15 is 0 Å². The largest absolute Gasteiger partial charge is 0.493 e. The van der Waals surface area contributed by atoms with Gasteiger partial charge in [0.1, 0.15) is 5.75 Å². The molecule has 0 spiro atoms. The number of alkyl halides is 6. The van der Waals surface area contributed by atoms with Crippen molar-refractivity contribution in [3.63, 3.8) is 0 Å². The highest BCUT2D eigenvalue weighted by molar-refractivity contribution is 5.37. The number of rotatable bonds is 4. The molecule has 0 amide bonds. The fourth-order valence-corrected chi connectivity index (χ4v) is 1.32. The average Bonchev–Trinajstić information content (AvgIpc) is 2.33. The van der Waals surface area contributed by atoms with E-state index in [-0.39, 0.29) is 25.1 Å². The molecule has 1 aromatic rings. The van der Waals surface area contributed by atoms with Gasteiger partial charge < -0.3 is 10.5 Å². The van der Waals surface area contributed by atoms with Crippen LogP contribution in [-0.2, 0) is 12.4 Å². The Morgan fingerprint density at radius 3 is 1.80 bits per heavy atom. The fourth-order valence-electron chi connectivity index (χ4n) is 1.32. The van der Waals surface area contributed by atoms with E-state index in [4.69, 9.17) is 10.5 Å². The molecule has 0 aliphatic carbocycles. The molecule has 0 fully saturated rings. The maximum absolute atomic E-state index is 12.6. The number of nitrogens with two attached hydrogens (primary N) is 1. The Hall–Kier alpha value is -1.44. The third-order valence-electron chi connectivity index (χ3n) is 2.50. The fraction of sp³-hybridized carbons (Fsp3) is 0.500. The summed E-state index contributed by atoms with van der Waals surface area (Å²) in [5, 5.41) is 0. The lowest BCUT2D eigenvalue weighted by molar-refractivity contribution is -0.143.